The van der Waals surface area contributed by atoms with Crippen LogP contribution in [-0.4, -0.2) is 12.4 Å². The molecule has 0 aliphatic carbocycles. The molecule has 3 heteroatoms. The number of anilines is 1. The van der Waals surface area contributed by atoms with Crippen LogP contribution in [0.5, 0.6) is 5.75 Å². The first-order valence-electron chi connectivity index (χ1n) is 6.15. The van der Waals surface area contributed by atoms with E-state index in [4.69, 9.17) is 10.5 Å². The summed E-state index contributed by atoms with van der Waals surface area (Å²) in [6.45, 7) is 3.81. The normalized spacial score (nSPS) is 10.2. The zero-order valence-electron chi connectivity index (χ0n) is 11.1. The first-order valence-corrected chi connectivity index (χ1v) is 6.15. The smallest absolute Gasteiger partial charge is 0.200 e. The molecule has 0 aliphatic rings. The van der Waals surface area contributed by atoms with Gasteiger partial charge in [-0.15, -0.1) is 0 Å². The summed E-state index contributed by atoms with van der Waals surface area (Å²) in [5, 5.41) is 0. The molecule has 0 atom stereocenters. The Morgan fingerprint density at radius 2 is 1.79 bits per heavy atom. The van der Waals surface area contributed by atoms with Gasteiger partial charge in [-0.25, -0.2) is 0 Å². The molecule has 0 radical (unpaired) electrons. The van der Waals surface area contributed by atoms with E-state index in [0.717, 1.165) is 11.1 Å². The van der Waals surface area contributed by atoms with E-state index in [-0.39, 0.29) is 12.4 Å². The highest BCUT2D eigenvalue weighted by atomic mass is 16.5. The van der Waals surface area contributed by atoms with Crippen molar-refractivity contribution in [2.75, 3.05) is 12.3 Å². The molecular formula is C16H17NO2. The number of nitrogen functional groups attached to an aromatic ring is 1. The summed E-state index contributed by atoms with van der Waals surface area (Å²) < 4.78 is 5.47. The Bertz CT molecular complexity index is 591. The summed E-state index contributed by atoms with van der Waals surface area (Å²) in [6, 6.07) is 13.0. The Hall–Kier alpha value is -2.29. The summed E-state index contributed by atoms with van der Waals surface area (Å²) in [5.41, 5.74) is 8.98. The van der Waals surface area contributed by atoms with Crippen LogP contribution in [0.15, 0.2) is 42.5 Å². The van der Waals surface area contributed by atoms with Crippen molar-refractivity contribution in [1.82, 2.24) is 0 Å². The molecule has 0 saturated carbocycles. The standard InChI is InChI=1S/C16H17NO2/c1-11-9-15(17)12(2)8-14(11)16(18)10-19-13-6-4-3-5-7-13/h3-9H,10,17H2,1-2H3. The van der Waals surface area contributed by atoms with Crippen LogP contribution in [0.2, 0.25) is 0 Å². The molecular weight excluding hydrogens is 238 g/mol. The zero-order valence-corrected chi connectivity index (χ0v) is 11.1. The van der Waals surface area contributed by atoms with Gasteiger partial charge in [0, 0.05) is 11.3 Å². The molecule has 0 unspecified atom stereocenters. The van der Waals surface area contributed by atoms with Crippen molar-refractivity contribution in [3.8, 4) is 5.75 Å². The molecule has 0 amide bonds. The van der Waals surface area contributed by atoms with E-state index in [2.05, 4.69) is 0 Å². The molecule has 98 valence electrons. The molecule has 2 rings (SSSR count). The molecule has 3 nitrogen and oxygen atoms in total. The molecule has 0 bridgehead atoms. The number of ether oxygens (including phenoxy) is 1. The lowest BCUT2D eigenvalue weighted by Gasteiger charge is -2.10. The van der Waals surface area contributed by atoms with Gasteiger partial charge >= 0.3 is 0 Å². The van der Waals surface area contributed by atoms with Crippen molar-refractivity contribution in [2.24, 2.45) is 0 Å². The lowest BCUT2D eigenvalue weighted by molar-refractivity contribution is 0.0921. The third-order valence-electron chi connectivity index (χ3n) is 3.03. The highest BCUT2D eigenvalue weighted by Gasteiger charge is 2.11. The van der Waals surface area contributed by atoms with Crippen LogP contribution in [0, 0.1) is 13.8 Å². The third kappa shape index (κ3) is 3.13. The van der Waals surface area contributed by atoms with Crippen LogP contribution in [-0.2, 0) is 0 Å². The van der Waals surface area contributed by atoms with Crippen LogP contribution < -0.4 is 10.5 Å². The van der Waals surface area contributed by atoms with Crippen LogP contribution in [0.25, 0.3) is 0 Å². The fourth-order valence-corrected chi connectivity index (χ4v) is 1.88. The number of para-hydroxylation sites is 1. The van der Waals surface area contributed by atoms with Gasteiger partial charge in [0.05, 0.1) is 0 Å². The predicted molar refractivity (Wildman–Crippen MR) is 76.6 cm³/mol. The van der Waals surface area contributed by atoms with Gasteiger partial charge < -0.3 is 10.5 Å². The Labute approximate surface area is 113 Å². The number of rotatable bonds is 4. The quantitative estimate of drug-likeness (QED) is 0.674. The molecule has 0 fully saturated rings. The van der Waals surface area contributed by atoms with E-state index in [1.165, 1.54) is 0 Å². The number of hydrogen-bond donors (Lipinski definition) is 1. The lowest BCUT2D eigenvalue weighted by atomic mass is 10.0. The minimum Gasteiger partial charge on any atom is -0.485 e. The van der Waals surface area contributed by atoms with Gasteiger partial charge in [-0.3, -0.25) is 4.79 Å². The topological polar surface area (TPSA) is 52.3 Å². The Morgan fingerprint density at radius 3 is 2.47 bits per heavy atom. The average molecular weight is 255 g/mol. The first kappa shape index (κ1) is 13.1. The van der Waals surface area contributed by atoms with Crippen molar-refractivity contribution < 1.29 is 9.53 Å². The largest absolute Gasteiger partial charge is 0.485 e. The summed E-state index contributed by atoms with van der Waals surface area (Å²) in [5.74, 6) is 0.658. The van der Waals surface area contributed by atoms with Crippen LogP contribution >= 0.6 is 0 Å². The maximum Gasteiger partial charge on any atom is 0.200 e. The first-order chi connectivity index (χ1) is 9.08. The van der Waals surface area contributed by atoms with Gasteiger partial charge in [0.1, 0.15) is 5.75 Å². The number of ketones is 1. The SMILES string of the molecule is Cc1cc(C(=O)COc2ccccc2)c(C)cc1N. The van der Waals surface area contributed by atoms with Crippen molar-refractivity contribution in [1.29, 1.82) is 0 Å². The molecule has 0 spiro atoms. The highest BCUT2D eigenvalue weighted by Crippen LogP contribution is 2.18. The molecule has 2 N–H and O–H groups in total. The van der Waals surface area contributed by atoms with E-state index in [0.29, 0.717) is 17.0 Å². The van der Waals surface area contributed by atoms with Crippen molar-refractivity contribution in [3.05, 3.63) is 59.2 Å². The maximum absolute atomic E-state index is 12.1. The van der Waals surface area contributed by atoms with Crippen molar-refractivity contribution in [3.63, 3.8) is 0 Å². The van der Waals surface area contributed by atoms with Gasteiger partial charge in [-0.2, -0.15) is 0 Å². The van der Waals surface area contributed by atoms with Gasteiger partial charge in [0.25, 0.3) is 0 Å². The molecule has 0 aromatic heterocycles. The summed E-state index contributed by atoms with van der Waals surface area (Å²) >= 11 is 0. The fraction of sp³-hybridized carbons (Fsp3) is 0.188. The maximum atomic E-state index is 12.1. The number of carbonyl (C=O) groups excluding carboxylic acids is 1. The predicted octanol–water partition coefficient (Wildman–Crippen LogP) is 3.15. The number of carbonyl (C=O) groups is 1. The summed E-state index contributed by atoms with van der Waals surface area (Å²) in [6.07, 6.45) is 0. The van der Waals surface area contributed by atoms with E-state index in [1.807, 2.05) is 56.3 Å². The van der Waals surface area contributed by atoms with Gasteiger partial charge in [0.15, 0.2) is 12.4 Å². The summed E-state index contributed by atoms with van der Waals surface area (Å²) in [7, 11) is 0. The Kier molecular flexibility index (Phi) is 3.85. The minimum atomic E-state index is -0.0375. The second kappa shape index (κ2) is 5.57. The monoisotopic (exact) mass is 255 g/mol. The molecule has 2 aromatic rings. The number of benzene rings is 2. The van der Waals surface area contributed by atoms with E-state index < -0.39 is 0 Å². The Balaban J connectivity index is 2.10. The molecule has 0 saturated heterocycles. The third-order valence-corrected chi connectivity index (χ3v) is 3.03. The molecule has 0 aliphatic heterocycles. The number of hydrogen-bond acceptors (Lipinski definition) is 3. The van der Waals surface area contributed by atoms with Crippen LogP contribution in [0.1, 0.15) is 21.5 Å². The van der Waals surface area contributed by atoms with E-state index in [9.17, 15) is 4.79 Å². The van der Waals surface area contributed by atoms with Crippen LogP contribution in [0.4, 0.5) is 5.69 Å². The van der Waals surface area contributed by atoms with Crippen LogP contribution in [0.3, 0.4) is 0 Å². The zero-order chi connectivity index (χ0) is 13.8. The highest BCUT2D eigenvalue weighted by molar-refractivity contribution is 5.99. The van der Waals surface area contributed by atoms with E-state index >= 15 is 0 Å². The van der Waals surface area contributed by atoms with Gasteiger partial charge in [0.2, 0.25) is 0 Å². The summed E-state index contributed by atoms with van der Waals surface area (Å²) in [4.78, 5) is 12.1. The molecule has 19 heavy (non-hydrogen) atoms. The lowest BCUT2D eigenvalue weighted by Crippen LogP contribution is -2.13. The van der Waals surface area contributed by atoms with Gasteiger partial charge in [-0.05, 0) is 49.2 Å². The minimum absolute atomic E-state index is 0.0359. The fourth-order valence-electron chi connectivity index (χ4n) is 1.88. The second-order valence-electron chi connectivity index (χ2n) is 4.55. The van der Waals surface area contributed by atoms with E-state index in [1.54, 1.807) is 0 Å². The van der Waals surface area contributed by atoms with Crippen molar-refractivity contribution in [2.45, 2.75) is 13.8 Å². The molecule has 0 heterocycles. The number of Topliss-reactive ketones (excluding diaryl/α,β-unsaturated/α-hetero) is 1. The molecule has 2 aromatic carbocycles. The Morgan fingerprint density at radius 1 is 1.11 bits per heavy atom. The average Bonchev–Trinajstić information content (AvgIpc) is 2.41. The van der Waals surface area contributed by atoms with Gasteiger partial charge in [-0.1, -0.05) is 18.2 Å². The number of aryl methyl sites for hydroxylation is 2. The van der Waals surface area contributed by atoms with Crippen molar-refractivity contribution >= 4 is 11.5 Å². The number of nitrogens with two attached hydrogens (primary N) is 1. The second-order valence-corrected chi connectivity index (χ2v) is 4.55.